The molecule has 0 aliphatic rings. The summed E-state index contributed by atoms with van der Waals surface area (Å²) in [7, 11) is -1.03. The molecular weight excluding hydrogens is 518 g/mol. The van der Waals surface area contributed by atoms with Crippen LogP contribution in [0.25, 0.3) is 22.0 Å². The van der Waals surface area contributed by atoms with Crippen LogP contribution in [0, 0.1) is 5.92 Å². The van der Waals surface area contributed by atoms with E-state index in [4.69, 9.17) is 16.3 Å². The van der Waals surface area contributed by atoms with E-state index in [0.717, 1.165) is 0 Å². The Hall–Kier alpha value is -3.96. The monoisotopic (exact) mass is 541 g/mol. The van der Waals surface area contributed by atoms with Crippen LogP contribution in [0.2, 0.25) is 5.02 Å². The van der Waals surface area contributed by atoms with Crippen LogP contribution in [-0.4, -0.2) is 43.0 Å². The van der Waals surface area contributed by atoms with Crippen molar-refractivity contribution in [3.8, 4) is 17.0 Å². The summed E-state index contributed by atoms with van der Waals surface area (Å²) in [4.78, 5) is 33.7. The minimum atomic E-state index is -3.95. The third kappa shape index (κ3) is 5.57. The lowest BCUT2D eigenvalue weighted by molar-refractivity contribution is -0.124. The second kappa shape index (κ2) is 10.6. The number of rotatable bonds is 8. The molecule has 0 saturated heterocycles. The van der Waals surface area contributed by atoms with Crippen molar-refractivity contribution >= 4 is 44.1 Å². The van der Waals surface area contributed by atoms with Gasteiger partial charge in [-0.1, -0.05) is 24.6 Å². The van der Waals surface area contributed by atoms with Crippen LogP contribution in [0.3, 0.4) is 0 Å². The molecule has 2 heterocycles. The molecule has 37 heavy (non-hydrogen) atoms. The normalized spacial score (nSPS) is 12.2. The fraction of sp³-hybridized carbons (Fsp3) is 0.200. The highest BCUT2D eigenvalue weighted by Gasteiger charge is 2.19. The molecule has 0 unspecified atom stereocenters. The van der Waals surface area contributed by atoms with E-state index in [-0.39, 0.29) is 34.5 Å². The Bertz CT molecular complexity index is 1640. The smallest absolute Gasteiger partial charge is 0.262 e. The van der Waals surface area contributed by atoms with Gasteiger partial charge in [0.25, 0.3) is 15.6 Å². The zero-order chi connectivity index (χ0) is 26.7. The first-order valence-electron chi connectivity index (χ1n) is 11.2. The summed E-state index contributed by atoms with van der Waals surface area (Å²) < 4.78 is 35.0. The Kier molecular flexibility index (Phi) is 7.46. The first-order valence-corrected chi connectivity index (χ1v) is 13.0. The van der Waals surface area contributed by atoms with Crippen LogP contribution in [-0.2, 0) is 21.4 Å². The van der Waals surface area contributed by atoms with E-state index >= 15 is 0 Å². The molecule has 0 aliphatic carbocycles. The molecule has 10 nitrogen and oxygen atoms in total. The molecule has 1 atom stereocenters. The van der Waals surface area contributed by atoms with E-state index in [1.165, 1.54) is 48.5 Å². The number of pyridine rings is 1. The molecule has 192 valence electrons. The lowest BCUT2D eigenvalue weighted by Gasteiger charge is -2.14. The Morgan fingerprint density at radius 2 is 1.84 bits per heavy atom. The van der Waals surface area contributed by atoms with Gasteiger partial charge in [0.2, 0.25) is 11.8 Å². The summed E-state index contributed by atoms with van der Waals surface area (Å²) in [6.45, 7) is 1.90. The Labute approximate surface area is 218 Å². The van der Waals surface area contributed by atoms with E-state index in [1.807, 2.05) is 0 Å². The van der Waals surface area contributed by atoms with Gasteiger partial charge in [-0.05, 0) is 48.0 Å². The molecule has 1 amide bonds. The van der Waals surface area contributed by atoms with Crippen molar-refractivity contribution in [2.75, 3.05) is 18.9 Å². The molecule has 0 aliphatic heterocycles. The fourth-order valence-electron chi connectivity index (χ4n) is 3.76. The van der Waals surface area contributed by atoms with Gasteiger partial charge in [-0.15, -0.1) is 0 Å². The molecule has 0 bridgehead atoms. The van der Waals surface area contributed by atoms with Crippen molar-refractivity contribution in [2.45, 2.75) is 18.4 Å². The molecule has 0 fully saturated rings. The maximum absolute atomic E-state index is 13.1. The second-order valence-corrected chi connectivity index (χ2v) is 10.4. The lowest BCUT2D eigenvalue weighted by Crippen LogP contribution is -2.32. The van der Waals surface area contributed by atoms with E-state index in [2.05, 4.69) is 20.0 Å². The summed E-state index contributed by atoms with van der Waals surface area (Å²) in [5, 5.41) is 3.33. The Morgan fingerprint density at radius 3 is 2.51 bits per heavy atom. The minimum Gasteiger partial charge on any atom is -0.480 e. The second-order valence-electron chi connectivity index (χ2n) is 8.29. The number of benzene rings is 2. The van der Waals surface area contributed by atoms with Crippen LogP contribution >= 0.6 is 11.6 Å². The molecule has 2 N–H and O–H groups in total. The Morgan fingerprint density at radius 1 is 1.11 bits per heavy atom. The summed E-state index contributed by atoms with van der Waals surface area (Å²) in [6, 6.07) is 12.4. The van der Waals surface area contributed by atoms with Crippen LogP contribution in [0.15, 0.2) is 70.7 Å². The predicted molar refractivity (Wildman–Crippen MR) is 141 cm³/mol. The minimum absolute atomic E-state index is 0.0210. The summed E-state index contributed by atoms with van der Waals surface area (Å²) in [5.74, 6) is -0.528. The van der Waals surface area contributed by atoms with Crippen LogP contribution in [0.5, 0.6) is 5.88 Å². The van der Waals surface area contributed by atoms with Gasteiger partial charge in [0.1, 0.15) is 5.69 Å². The first kappa shape index (κ1) is 26.1. The zero-order valence-corrected chi connectivity index (χ0v) is 21.8. The summed E-state index contributed by atoms with van der Waals surface area (Å²) >= 11 is 5.87. The van der Waals surface area contributed by atoms with Crippen LogP contribution < -0.4 is 20.3 Å². The fourth-order valence-corrected chi connectivity index (χ4v) is 4.93. The van der Waals surface area contributed by atoms with Crippen molar-refractivity contribution in [3.05, 3.63) is 76.4 Å². The number of aromatic nitrogens is 3. The average molecular weight is 542 g/mol. The highest BCUT2D eigenvalue weighted by molar-refractivity contribution is 7.92. The van der Waals surface area contributed by atoms with Gasteiger partial charge in [-0.3, -0.25) is 18.9 Å². The number of hydrogen-bond acceptors (Lipinski definition) is 7. The van der Waals surface area contributed by atoms with Gasteiger partial charge in [-0.25, -0.2) is 18.4 Å². The lowest BCUT2D eigenvalue weighted by atomic mass is 10.0. The number of methoxy groups -OCH3 is 1. The van der Waals surface area contributed by atoms with E-state index in [0.29, 0.717) is 27.1 Å². The van der Waals surface area contributed by atoms with Crippen molar-refractivity contribution in [1.82, 2.24) is 19.9 Å². The number of carbonyl (C=O) groups excluding carboxylic acids is 1. The number of carbonyl (C=O) groups is 1. The third-order valence-electron chi connectivity index (χ3n) is 5.73. The third-order valence-corrected chi connectivity index (χ3v) is 7.37. The molecular formula is C25H24ClN5O5S. The van der Waals surface area contributed by atoms with Gasteiger partial charge in [0.15, 0.2) is 0 Å². The van der Waals surface area contributed by atoms with E-state index in [9.17, 15) is 18.0 Å². The zero-order valence-electron chi connectivity index (χ0n) is 20.2. The number of nitrogens with zero attached hydrogens (tertiary/aromatic N) is 3. The quantitative estimate of drug-likeness (QED) is 0.350. The first-order chi connectivity index (χ1) is 17.6. The number of fused-ring (bicyclic) bond motifs is 1. The number of anilines is 1. The van der Waals surface area contributed by atoms with Crippen molar-refractivity contribution in [1.29, 1.82) is 0 Å². The number of halogens is 1. The SMILES string of the molecule is CNC(=O)[C@H](C)Cn1cnc2ccc(-c3cnc(OC)c(NS(=O)(=O)c4ccc(Cl)cc4)c3)cc2c1=O. The van der Waals surface area contributed by atoms with E-state index < -0.39 is 15.9 Å². The molecule has 12 heteroatoms. The number of amides is 1. The number of ether oxygens (including phenoxy) is 1. The maximum atomic E-state index is 13.1. The van der Waals surface area contributed by atoms with Gasteiger partial charge >= 0.3 is 0 Å². The number of sulfonamides is 1. The highest BCUT2D eigenvalue weighted by atomic mass is 35.5. The van der Waals surface area contributed by atoms with Gasteiger partial charge < -0.3 is 10.1 Å². The molecule has 2 aromatic carbocycles. The largest absolute Gasteiger partial charge is 0.480 e. The van der Waals surface area contributed by atoms with Crippen LogP contribution in [0.1, 0.15) is 6.92 Å². The van der Waals surface area contributed by atoms with Gasteiger partial charge in [0.05, 0.1) is 35.2 Å². The molecule has 4 aromatic rings. The molecule has 4 rings (SSSR count). The van der Waals surface area contributed by atoms with Crippen LogP contribution in [0.4, 0.5) is 5.69 Å². The van der Waals surface area contributed by atoms with Crippen molar-refractivity contribution in [2.24, 2.45) is 5.92 Å². The van der Waals surface area contributed by atoms with Crippen molar-refractivity contribution < 1.29 is 17.9 Å². The van der Waals surface area contributed by atoms with Crippen molar-refractivity contribution in [3.63, 3.8) is 0 Å². The summed E-state index contributed by atoms with van der Waals surface area (Å²) in [6.07, 6.45) is 2.94. The van der Waals surface area contributed by atoms with Gasteiger partial charge in [0, 0.05) is 30.4 Å². The average Bonchev–Trinajstić information content (AvgIpc) is 2.89. The standard InChI is InChI=1S/C25H24ClN5O5S/c1-15(23(32)27-2)13-31-14-29-21-9-4-16(10-20(21)25(31)33)17-11-22(24(36-3)28-12-17)30-37(34,35)19-7-5-18(26)6-8-19/h4-12,14-15,30H,13H2,1-3H3,(H,27,32)/t15-/m1/s1. The Balaban J connectivity index is 1.72. The molecule has 2 aromatic heterocycles. The topological polar surface area (TPSA) is 132 Å². The molecule has 0 spiro atoms. The summed E-state index contributed by atoms with van der Waals surface area (Å²) in [5.41, 5.74) is 1.48. The van der Waals surface area contributed by atoms with E-state index in [1.54, 1.807) is 38.2 Å². The maximum Gasteiger partial charge on any atom is 0.262 e. The number of hydrogen-bond donors (Lipinski definition) is 2. The molecule has 0 saturated carbocycles. The number of nitrogens with one attached hydrogen (secondary N) is 2. The molecule has 0 radical (unpaired) electrons. The highest BCUT2D eigenvalue weighted by Crippen LogP contribution is 2.31. The van der Waals surface area contributed by atoms with Gasteiger partial charge in [-0.2, -0.15) is 0 Å². The predicted octanol–water partition coefficient (Wildman–Crippen LogP) is 3.30.